The lowest BCUT2D eigenvalue weighted by Gasteiger charge is -2.33. The predicted octanol–water partition coefficient (Wildman–Crippen LogP) is 3.41. The number of hydrogen-bond acceptors (Lipinski definition) is 2. The number of benzene rings is 1. The molecule has 2 unspecified atom stereocenters. The minimum Gasteiger partial charge on any atom is -0.377 e. The fraction of sp³-hybridized carbons (Fsp3) is 0.600. The molecule has 2 fully saturated rings. The molecule has 0 bridgehead atoms. The molecule has 1 aromatic carbocycles. The van der Waals surface area contributed by atoms with E-state index in [1.165, 1.54) is 12.1 Å². The number of hydrogen-bond donors (Lipinski definition) is 1. The minimum absolute atomic E-state index is 0.0466. The highest BCUT2D eigenvalue weighted by atomic mass is 79.9. The Hall–Kier alpha value is -0.520. The second-order valence-corrected chi connectivity index (χ2v) is 6.80. The third-order valence-electron chi connectivity index (χ3n) is 4.63. The molecule has 1 heterocycles. The van der Waals surface area contributed by atoms with Crippen LogP contribution in [0.4, 0.5) is 8.78 Å². The van der Waals surface area contributed by atoms with Crippen LogP contribution in [0.15, 0.2) is 16.6 Å². The molecular formula is C15H18BrF2NO. The van der Waals surface area contributed by atoms with Crippen molar-refractivity contribution in [2.75, 3.05) is 13.2 Å². The number of ether oxygens (including phenoxy) is 1. The van der Waals surface area contributed by atoms with Crippen LogP contribution < -0.4 is 5.73 Å². The second-order valence-electron chi connectivity index (χ2n) is 5.94. The predicted molar refractivity (Wildman–Crippen MR) is 76.3 cm³/mol. The van der Waals surface area contributed by atoms with Crippen molar-refractivity contribution >= 4 is 15.9 Å². The van der Waals surface area contributed by atoms with Crippen LogP contribution in [0.2, 0.25) is 0 Å². The molecule has 1 aliphatic heterocycles. The van der Waals surface area contributed by atoms with Crippen LogP contribution in [-0.2, 0) is 11.2 Å². The van der Waals surface area contributed by atoms with Crippen molar-refractivity contribution in [2.45, 2.75) is 31.8 Å². The maximum Gasteiger partial charge on any atom is 0.143 e. The molecule has 2 N–H and O–H groups in total. The van der Waals surface area contributed by atoms with Crippen molar-refractivity contribution in [3.05, 3.63) is 33.8 Å². The van der Waals surface area contributed by atoms with Crippen molar-refractivity contribution in [3.8, 4) is 0 Å². The summed E-state index contributed by atoms with van der Waals surface area (Å²) in [5.41, 5.74) is 5.77. The van der Waals surface area contributed by atoms with E-state index in [1.807, 2.05) is 0 Å². The molecule has 0 aromatic heterocycles. The van der Waals surface area contributed by atoms with Crippen LogP contribution in [0.3, 0.4) is 0 Å². The maximum atomic E-state index is 14.2. The van der Waals surface area contributed by atoms with Crippen molar-refractivity contribution < 1.29 is 13.5 Å². The smallest absolute Gasteiger partial charge is 0.143 e. The summed E-state index contributed by atoms with van der Waals surface area (Å²) in [6, 6.07) is 2.70. The zero-order valence-corrected chi connectivity index (χ0v) is 12.8. The molecule has 2 aliphatic rings. The molecule has 0 radical (unpaired) electrons. The van der Waals surface area contributed by atoms with Gasteiger partial charge in [-0.05, 0) is 59.7 Å². The Labute approximate surface area is 125 Å². The third kappa shape index (κ3) is 2.40. The van der Waals surface area contributed by atoms with Gasteiger partial charge >= 0.3 is 0 Å². The fourth-order valence-corrected chi connectivity index (χ4v) is 3.68. The first-order chi connectivity index (χ1) is 9.57. The Balaban J connectivity index is 1.93. The van der Waals surface area contributed by atoms with E-state index >= 15 is 0 Å². The van der Waals surface area contributed by atoms with Crippen LogP contribution in [0.5, 0.6) is 0 Å². The van der Waals surface area contributed by atoms with E-state index in [1.54, 1.807) is 0 Å². The highest BCUT2D eigenvalue weighted by molar-refractivity contribution is 9.10. The first kappa shape index (κ1) is 14.4. The lowest BCUT2D eigenvalue weighted by molar-refractivity contribution is 0.0338. The van der Waals surface area contributed by atoms with Crippen molar-refractivity contribution in [1.82, 2.24) is 0 Å². The molecule has 2 atom stereocenters. The number of halogens is 3. The van der Waals surface area contributed by atoms with Gasteiger partial charge < -0.3 is 10.5 Å². The average Bonchev–Trinajstić information content (AvgIpc) is 3.20. The second kappa shape index (κ2) is 5.35. The van der Waals surface area contributed by atoms with Crippen LogP contribution in [0.1, 0.15) is 24.8 Å². The van der Waals surface area contributed by atoms with Gasteiger partial charge in [-0.25, -0.2) is 8.78 Å². The molecular weight excluding hydrogens is 328 g/mol. The van der Waals surface area contributed by atoms with Gasteiger partial charge in [-0.15, -0.1) is 0 Å². The molecule has 1 saturated carbocycles. The number of rotatable bonds is 4. The Kier molecular flexibility index (Phi) is 3.86. The normalized spacial score (nSPS) is 29.9. The van der Waals surface area contributed by atoms with Crippen LogP contribution >= 0.6 is 15.9 Å². The molecule has 3 rings (SSSR count). The van der Waals surface area contributed by atoms with Gasteiger partial charge in [0.25, 0.3) is 0 Å². The summed E-state index contributed by atoms with van der Waals surface area (Å²) in [7, 11) is 0. The molecule has 0 amide bonds. The van der Waals surface area contributed by atoms with E-state index in [-0.39, 0.29) is 17.1 Å². The molecule has 5 heteroatoms. The molecule has 1 saturated heterocycles. The van der Waals surface area contributed by atoms with Gasteiger partial charge in [0.05, 0.1) is 10.6 Å². The van der Waals surface area contributed by atoms with Gasteiger partial charge in [0.1, 0.15) is 11.6 Å². The minimum atomic E-state index is -0.515. The summed E-state index contributed by atoms with van der Waals surface area (Å²) in [6.45, 7) is 1.04. The Morgan fingerprint density at radius 2 is 2.10 bits per heavy atom. The lowest BCUT2D eigenvalue weighted by Crippen LogP contribution is -2.42. The zero-order chi connectivity index (χ0) is 14.3. The standard InChI is InChI=1S/C15H18BrF2NO/c16-11-3-4-12(17)10(13(11)18)7-15(8-19)5-6-20-14(15)9-1-2-9/h3-4,9,14H,1-2,5-8,19H2. The van der Waals surface area contributed by atoms with Gasteiger partial charge in [0, 0.05) is 24.1 Å². The monoisotopic (exact) mass is 345 g/mol. The topological polar surface area (TPSA) is 35.2 Å². The molecule has 1 aromatic rings. The highest BCUT2D eigenvalue weighted by Gasteiger charge is 2.50. The van der Waals surface area contributed by atoms with E-state index in [0.29, 0.717) is 30.0 Å². The van der Waals surface area contributed by atoms with Crippen molar-refractivity contribution in [2.24, 2.45) is 17.1 Å². The van der Waals surface area contributed by atoms with Crippen LogP contribution in [0, 0.1) is 23.0 Å². The largest absolute Gasteiger partial charge is 0.377 e. The van der Waals surface area contributed by atoms with E-state index in [9.17, 15) is 8.78 Å². The molecule has 2 nitrogen and oxygen atoms in total. The number of nitrogens with two attached hydrogens (primary N) is 1. The molecule has 0 spiro atoms. The van der Waals surface area contributed by atoms with E-state index in [0.717, 1.165) is 19.3 Å². The van der Waals surface area contributed by atoms with Gasteiger partial charge in [0.2, 0.25) is 0 Å². The quantitative estimate of drug-likeness (QED) is 0.848. The summed E-state index contributed by atoms with van der Waals surface area (Å²) in [4.78, 5) is 0. The summed E-state index contributed by atoms with van der Waals surface area (Å²) in [5, 5.41) is 0. The average molecular weight is 346 g/mol. The third-order valence-corrected chi connectivity index (χ3v) is 5.24. The zero-order valence-electron chi connectivity index (χ0n) is 11.2. The van der Waals surface area contributed by atoms with Gasteiger partial charge in [0.15, 0.2) is 0 Å². The van der Waals surface area contributed by atoms with Gasteiger partial charge in [-0.2, -0.15) is 0 Å². The SMILES string of the molecule is NCC1(Cc2c(F)ccc(Br)c2F)CCOC1C1CC1. The summed E-state index contributed by atoms with van der Waals surface area (Å²) < 4.78 is 34.3. The summed E-state index contributed by atoms with van der Waals surface area (Å²) in [6.07, 6.45) is 3.40. The van der Waals surface area contributed by atoms with Crippen molar-refractivity contribution in [1.29, 1.82) is 0 Å². The van der Waals surface area contributed by atoms with E-state index in [2.05, 4.69) is 15.9 Å². The van der Waals surface area contributed by atoms with Crippen molar-refractivity contribution in [3.63, 3.8) is 0 Å². The lowest BCUT2D eigenvalue weighted by atomic mass is 9.74. The van der Waals surface area contributed by atoms with E-state index < -0.39 is 11.6 Å². The van der Waals surface area contributed by atoms with Crippen LogP contribution in [0.25, 0.3) is 0 Å². The highest BCUT2D eigenvalue weighted by Crippen LogP contribution is 2.49. The molecule has 20 heavy (non-hydrogen) atoms. The van der Waals surface area contributed by atoms with Gasteiger partial charge in [-0.1, -0.05) is 0 Å². The maximum absolute atomic E-state index is 14.2. The summed E-state index contributed by atoms with van der Waals surface area (Å²) in [5.74, 6) is -0.501. The first-order valence-electron chi connectivity index (χ1n) is 7.01. The van der Waals surface area contributed by atoms with Gasteiger partial charge in [-0.3, -0.25) is 0 Å². The van der Waals surface area contributed by atoms with Crippen LogP contribution in [-0.4, -0.2) is 19.3 Å². The molecule has 1 aliphatic carbocycles. The Morgan fingerprint density at radius 1 is 1.35 bits per heavy atom. The summed E-state index contributed by atoms with van der Waals surface area (Å²) >= 11 is 3.12. The Bertz CT molecular complexity index is 521. The Morgan fingerprint density at radius 3 is 2.75 bits per heavy atom. The molecule has 110 valence electrons. The van der Waals surface area contributed by atoms with E-state index in [4.69, 9.17) is 10.5 Å². The first-order valence-corrected chi connectivity index (χ1v) is 7.81. The fourth-order valence-electron chi connectivity index (χ4n) is 3.31.